The lowest BCUT2D eigenvalue weighted by Crippen LogP contribution is -2.40. The SMILES string of the molecule is CN(C(=O)Nc1ccc(CCC(=O)O)cc1)C1CCOC1. The number of amides is 2. The standard InChI is InChI=1S/C15H20N2O4/c1-17(13-8-9-21-10-13)15(20)16-12-5-2-11(3-6-12)4-7-14(18)19/h2-3,5-6,13H,4,7-10H2,1H3,(H,16,20)(H,18,19). The number of nitrogens with one attached hydrogen (secondary N) is 1. The smallest absolute Gasteiger partial charge is 0.321 e. The minimum Gasteiger partial charge on any atom is -0.481 e. The number of rotatable bonds is 5. The van der Waals surface area contributed by atoms with Crippen molar-refractivity contribution in [1.82, 2.24) is 4.90 Å². The van der Waals surface area contributed by atoms with Crippen molar-refractivity contribution < 1.29 is 19.4 Å². The largest absolute Gasteiger partial charge is 0.481 e. The molecule has 0 spiro atoms. The fourth-order valence-electron chi connectivity index (χ4n) is 2.21. The minimum absolute atomic E-state index is 0.107. The van der Waals surface area contributed by atoms with Gasteiger partial charge in [-0.25, -0.2) is 4.79 Å². The molecule has 1 aliphatic heterocycles. The molecule has 1 aromatic rings. The summed E-state index contributed by atoms with van der Waals surface area (Å²) in [6.45, 7) is 1.28. The van der Waals surface area contributed by atoms with E-state index in [0.29, 0.717) is 25.3 Å². The molecule has 1 aromatic carbocycles. The van der Waals surface area contributed by atoms with Crippen LogP contribution in [0.3, 0.4) is 0 Å². The number of aryl methyl sites for hydroxylation is 1. The highest BCUT2D eigenvalue weighted by atomic mass is 16.5. The van der Waals surface area contributed by atoms with Gasteiger partial charge in [0, 0.05) is 25.8 Å². The average molecular weight is 292 g/mol. The van der Waals surface area contributed by atoms with Gasteiger partial charge in [-0.15, -0.1) is 0 Å². The number of likely N-dealkylation sites (N-methyl/N-ethyl adjacent to an activating group) is 1. The van der Waals surface area contributed by atoms with E-state index in [0.717, 1.165) is 12.0 Å². The zero-order valence-electron chi connectivity index (χ0n) is 12.0. The molecular weight excluding hydrogens is 272 g/mol. The van der Waals surface area contributed by atoms with Crippen LogP contribution in [0.15, 0.2) is 24.3 Å². The van der Waals surface area contributed by atoms with E-state index in [9.17, 15) is 9.59 Å². The topological polar surface area (TPSA) is 78.9 Å². The van der Waals surface area contributed by atoms with E-state index in [4.69, 9.17) is 9.84 Å². The minimum atomic E-state index is -0.812. The third-order valence-corrected chi connectivity index (χ3v) is 3.61. The summed E-state index contributed by atoms with van der Waals surface area (Å²) in [6.07, 6.45) is 1.46. The Kier molecular flexibility index (Phi) is 5.16. The summed E-state index contributed by atoms with van der Waals surface area (Å²) in [5.74, 6) is -0.812. The molecule has 0 saturated carbocycles. The summed E-state index contributed by atoms with van der Waals surface area (Å²) in [7, 11) is 1.76. The average Bonchev–Trinajstić information content (AvgIpc) is 2.99. The van der Waals surface area contributed by atoms with Crippen LogP contribution in [0.5, 0.6) is 0 Å². The Morgan fingerprint density at radius 1 is 1.38 bits per heavy atom. The molecule has 1 unspecified atom stereocenters. The van der Waals surface area contributed by atoms with E-state index < -0.39 is 5.97 Å². The molecule has 114 valence electrons. The zero-order chi connectivity index (χ0) is 15.2. The first kappa shape index (κ1) is 15.3. The van der Waals surface area contributed by atoms with Crippen molar-refractivity contribution in [3.05, 3.63) is 29.8 Å². The van der Waals surface area contributed by atoms with Crippen LogP contribution < -0.4 is 5.32 Å². The van der Waals surface area contributed by atoms with Gasteiger partial charge in [-0.05, 0) is 30.5 Å². The van der Waals surface area contributed by atoms with E-state index in [1.807, 2.05) is 12.1 Å². The van der Waals surface area contributed by atoms with Gasteiger partial charge in [-0.2, -0.15) is 0 Å². The van der Waals surface area contributed by atoms with E-state index in [2.05, 4.69) is 5.32 Å². The number of ether oxygens (including phenoxy) is 1. The number of carboxylic acid groups (broad SMARTS) is 1. The Bertz CT molecular complexity index is 495. The predicted molar refractivity (Wildman–Crippen MR) is 78.4 cm³/mol. The maximum absolute atomic E-state index is 12.1. The molecule has 1 atom stereocenters. The lowest BCUT2D eigenvalue weighted by molar-refractivity contribution is -0.136. The summed E-state index contributed by atoms with van der Waals surface area (Å²) in [5.41, 5.74) is 1.64. The highest BCUT2D eigenvalue weighted by Crippen LogP contribution is 2.15. The van der Waals surface area contributed by atoms with Gasteiger partial charge >= 0.3 is 12.0 Å². The Morgan fingerprint density at radius 3 is 2.67 bits per heavy atom. The number of carboxylic acids is 1. The molecule has 1 aliphatic rings. The summed E-state index contributed by atoms with van der Waals surface area (Å²) >= 11 is 0. The first-order chi connectivity index (χ1) is 10.1. The number of hydrogen-bond acceptors (Lipinski definition) is 3. The first-order valence-electron chi connectivity index (χ1n) is 6.98. The number of anilines is 1. The summed E-state index contributed by atoms with van der Waals surface area (Å²) in [5, 5.41) is 11.5. The second kappa shape index (κ2) is 7.08. The van der Waals surface area contributed by atoms with Gasteiger partial charge in [0.05, 0.1) is 12.6 Å². The second-order valence-corrected chi connectivity index (χ2v) is 5.15. The van der Waals surface area contributed by atoms with Crippen molar-refractivity contribution in [1.29, 1.82) is 0 Å². The van der Waals surface area contributed by atoms with Crippen LogP contribution in [-0.2, 0) is 16.0 Å². The van der Waals surface area contributed by atoms with Crippen molar-refractivity contribution in [2.24, 2.45) is 0 Å². The van der Waals surface area contributed by atoms with Gasteiger partial charge in [0.2, 0.25) is 0 Å². The van der Waals surface area contributed by atoms with E-state index in [1.54, 1.807) is 24.1 Å². The fraction of sp³-hybridized carbons (Fsp3) is 0.467. The van der Waals surface area contributed by atoms with Crippen LogP contribution in [0.4, 0.5) is 10.5 Å². The number of hydrogen-bond donors (Lipinski definition) is 2. The van der Waals surface area contributed by atoms with Crippen molar-refractivity contribution in [2.45, 2.75) is 25.3 Å². The normalized spacial score (nSPS) is 17.5. The molecule has 0 aliphatic carbocycles. The van der Waals surface area contributed by atoms with Crippen molar-refractivity contribution in [2.75, 3.05) is 25.6 Å². The fourth-order valence-corrected chi connectivity index (χ4v) is 2.21. The van der Waals surface area contributed by atoms with Gasteiger partial charge in [0.15, 0.2) is 0 Å². The van der Waals surface area contributed by atoms with Crippen molar-refractivity contribution in [3.8, 4) is 0 Å². The maximum atomic E-state index is 12.1. The molecule has 2 rings (SSSR count). The third kappa shape index (κ3) is 4.46. The molecule has 0 aromatic heterocycles. The van der Waals surface area contributed by atoms with Crippen LogP contribution in [0.25, 0.3) is 0 Å². The molecular formula is C15H20N2O4. The molecule has 2 N–H and O–H groups in total. The van der Waals surface area contributed by atoms with Gasteiger partial charge in [-0.1, -0.05) is 12.1 Å². The maximum Gasteiger partial charge on any atom is 0.321 e. The van der Waals surface area contributed by atoms with Crippen LogP contribution in [0.1, 0.15) is 18.4 Å². The van der Waals surface area contributed by atoms with Gasteiger partial charge in [0.1, 0.15) is 0 Å². The number of nitrogens with zero attached hydrogens (tertiary/aromatic N) is 1. The third-order valence-electron chi connectivity index (χ3n) is 3.61. The number of carbonyl (C=O) groups excluding carboxylic acids is 1. The molecule has 1 saturated heterocycles. The number of carbonyl (C=O) groups is 2. The van der Waals surface area contributed by atoms with Crippen LogP contribution in [-0.4, -0.2) is 48.3 Å². The van der Waals surface area contributed by atoms with Crippen LogP contribution in [0, 0.1) is 0 Å². The first-order valence-corrected chi connectivity index (χ1v) is 6.98. The number of benzene rings is 1. The van der Waals surface area contributed by atoms with Crippen LogP contribution in [0.2, 0.25) is 0 Å². The molecule has 2 amide bonds. The van der Waals surface area contributed by atoms with Gasteiger partial charge < -0.3 is 20.1 Å². The molecule has 0 radical (unpaired) electrons. The zero-order valence-corrected chi connectivity index (χ0v) is 12.0. The Hall–Kier alpha value is -2.08. The van der Waals surface area contributed by atoms with Crippen LogP contribution >= 0.6 is 0 Å². The van der Waals surface area contributed by atoms with E-state index in [-0.39, 0.29) is 18.5 Å². The number of aliphatic carboxylic acids is 1. The summed E-state index contributed by atoms with van der Waals surface area (Å²) < 4.78 is 5.27. The van der Waals surface area contributed by atoms with E-state index >= 15 is 0 Å². The summed E-state index contributed by atoms with van der Waals surface area (Å²) in [4.78, 5) is 24.3. The predicted octanol–water partition coefficient (Wildman–Crippen LogP) is 1.96. The van der Waals surface area contributed by atoms with Crippen molar-refractivity contribution >= 4 is 17.7 Å². The second-order valence-electron chi connectivity index (χ2n) is 5.15. The number of urea groups is 1. The molecule has 6 heteroatoms. The van der Waals surface area contributed by atoms with E-state index in [1.165, 1.54) is 0 Å². The Morgan fingerprint density at radius 2 is 2.10 bits per heavy atom. The lowest BCUT2D eigenvalue weighted by atomic mass is 10.1. The van der Waals surface area contributed by atoms with Crippen molar-refractivity contribution in [3.63, 3.8) is 0 Å². The molecule has 21 heavy (non-hydrogen) atoms. The quantitative estimate of drug-likeness (QED) is 0.869. The monoisotopic (exact) mass is 292 g/mol. The molecule has 6 nitrogen and oxygen atoms in total. The lowest BCUT2D eigenvalue weighted by Gasteiger charge is -2.23. The van der Waals surface area contributed by atoms with Gasteiger partial charge in [-0.3, -0.25) is 4.79 Å². The molecule has 0 bridgehead atoms. The van der Waals surface area contributed by atoms with Gasteiger partial charge in [0.25, 0.3) is 0 Å². The Labute approximate surface area is 123 Å². The molecule has 1 heterocycles. The highest BCUT2D eigenvalue weighted by Gasteiger charge is 2.23. The Balaban J connectivity index is 1.87. The summed E-state index contributed by atoms with van der Waals surface area (Å²) in [6, 6.07) is 7.19. The highest BCUT2D eigenvalue weighted by molar-refractivity contribution is 5.89. The molecule has 1 fully saturated rings.